The summed E-state index contributed by atoms with van der Waals surface area (Å²) in [5.41, 5.74) is -0.704. The Morgan fingerprint density at radius 2 is 2.00 bits per heavy atom. The number of alkyl halides is 3. The highest BCUT2D eigenvalue weighted by atomic mass is 32.1. The van der Waals surface area contributed by atoms with Gasteiger partial charge in [-0.25, -0.2) is 4.39 Å². The van der Waals surface area contributed by atoms with Gasteiger partial charge < -0.3 is 5.32 Å². The predicted octanol–water partition coefficient (Wildman–Crippen LogP) is 4.14. The normalized spacial score (nSPS) is 11.5. The Kier molecular flexibility index (Phi) is 4.32. The first kappa shape index (κ1) is 15.5. The summed E-state index contributed by atoms with van der Waals surface area (Å²) in [6.07, 6.45) is -4.62. The maximum absolute atomic E-state index is 13.5. The van der Waals surface area contributed by atoms with Gasteiger partial charge in [-0.05, 0) is 42.1 Å². The van der Waals surface area contributed by atoms with Gasteiger partial charge in [-0.2, -0.15) is 13.2 Å². The summed E-state index contributed by atoms with van der Waals surface area (Å²) in [6, 6.07) is 3.63. The first-order chi connectivity index (χ1) is 9.79. The van der Waals surface area contributed by atoms with Gasteiger partial charge in [0.15, 0.2) is 0 Å². The van der Waals surface area contributed by atoms with Crippen LogP contribution in [-0.2, 0) is 12.7 Å². The molecule has 0 aliphatic rings. The number of thiophene rings is 1. The summed E-state index contributed by atoms with van der Waals surface area (Å²) in [6.45, 7) is 2.00. The lowest BCUT2D eigenvalue weighted by Crippen LogP contribution is -2.24. The highest BCUT2D eigenvalue weighted by Crippen LogP contribution is 2.30. The third-order valence-electron chi connectivity index (χ3n) is 2.92. The van der Waals surface area contributed by atoms with E-state index in [-0.39, 0.29) is 6.54 Å². The number of amides is 1. The predicted molar refractivity (Wildman–Crippen MR) is 71.6 cm³/mol. The first-order valence-electron chi connectivity index (χ1n) is 5.97. The van der Waals surface area contributed by atoms with Crippen molar-refractivity contribution in [3.8, 4) is 0 Å². The average molecular weight is 317 g/mol. The van der Waals surface area contributed by atoms with Crippen molar-refractivity contribution in [3.05, 3.63) is 57.0 Å². The van der Waals surface area contributed by atoms with Crippen molar-refractivity contribution in [2.45, 2.75) is 19.6 Å². The molecule has 2 aromatic rings. The zero-order chi connectivity index (χ0) is 15.6. The van der Waals surface area contributed by atoms with Gasteiger partial charge in [-0.3, -0.25) is 4.79 Å². The molecule has 2 nitrogen and oxygen atoms in total. The van der Waals surface area contributed by atoms with E-state index in [9.17, 15) is 22.4 Å². The third-order valence-corrected chi connectivity index (χ3v) is 3.94. The Hall–Kier alpha value is -1.89. The second kappa shape index (κ2) is 5.85. The van der Waals surface area contributed by atoms with E-state index in [1.54, 1.807) is 0 Å². The van der Waals surface area contributed by atoms with Crippen molar-refractivity contribution in [1.82, 2.24) is 5.32 Å². The second-order valence-corrected chi connectivity index (χ2v) is 5.40. The minimum atomic E-state index is -4.62. The molecule has 2 rings (SSSR count). The zero-order valence-corrected chi connectivity index (χ0v) is 11.7. The van der Waals surface area contributed by atoms with Crippen LogP contribution in [0.2, 0.25) is 0 Å². The molecular weight excluding hydrogens is 306 g/mol. The van der Waals surface area contributed by atoms with Crippen molar-refractivity contribution >= 4 is 17.2 Å². The van der Waals surface area contributed by atoms with Gasteiger partial charge in [0.1, 0.15) is 5.82 Å². The van der Waals surface area contributed by atoms with Crippen LogP contribution in [0.25, 0.3) is 0 Å². The Bertz CT molecular complexity index is 663. The van der Waals surface area contributed by atoms with Crippen molar-refractivity contribution in [3.63, 3.8) is 0 Å². The van der Waals surface area contributed by atoms with Crippen LogP contribution < -0.4 is 5.32 Å². The summed E-state index contributed by atoms with van der Waals surface area (Å²) in [5.74, 6) is -1.85. The van der Waals surface area contributed by atoms with Gasteiger partial charge in [-0.15, -0.1) is 11.3 Å². The van der Waals surface area contributed by atoms with E-state index in [0.717, 1.165) is 10.4 Å². The fraction of sp³-hybridized carbons (Fsp3) is 0.214. The van der Waals surface area contributed by atoms with E-state index in [4.69, 9.17) is 0 Å². The number of rotatable bonds is 3. The molecule has 0 saturated carbocycles. The SMILES string of the molecule is Cc1ccsc1CNC(=O)c1cc(C(F)(F)F)ccc1F. The summed E-state index contributed by atoms with van der Waals surface area (Å²) in [7, 11) is 0. The third kappa shape index (κ3) is 3.60. The molecule has 0 fully saturated rings. The summed E-state index contributed by atoms with van der Waals surface area (Å²) < 4.78 is 51.2. The van der Waals surface area contributed by atoms with Gasteiger partial charge in [-0.1, -0.05) is 0 Å². The maximum Gasteiger partial charge on any atom is 0.416 e. The van der Waals surface area contributed by atoms with Gasteiger partial charge in [0.25, 0.3) is 5.91 Å². The highest BCUT2D eigenvalue weighted by molar-refractivity contribution is 7.10. The molecular formula is C14H11F4NOS. The van der Waals surface area contributed by atoms with Gasteiger partial charge in [0.05, 0.1) is 17.7 Å². The quantitative estimate of drug-likeness (QED) is 0.847. The summed E-state index contributed by atoms with van der Waals surface area (Å²) in [5, 5.41) is 4.26. The van der Waals surface area contributed by atoms with Crippen LogP contribution in [-0.4, -0.2) is 5.91 Å². The molecule has 0 spiro atoms. The number of benzene rings is 1. The monoisotopic (exact) mass is 317 g/mol. The van der Waals surface area contributed by atoms with Crippen LogP contribution >= 0.6 is 11.3 Å². The molecule has 0 radical (unpaired) electrons. The van der Waals surface area contributed by atoms with Crippen LogP contribution in [0.3, 0.4) is 0 Å². The van der Waals surface area contributed by atoms with Crippen molar-refractivity contribution < 1.29 is 22.4 Å². The molecule has 0 bridgehead atoms. The molecule has 21 heavy (non-hydrogen) atoms. The van der Waals surface area contributed by atoms with Crippen molar-refractivity contribution in [2.75, 3.05) is 0 Å². The number of hydrogen-bond acceptors (Lipinski definition) is 2. The molecule has 1 aromatic carbocycles. The average Bonchev–Trinajstić information content (AvgIpc) is 2.80. The molecule has 0 saturated heterocycles. The molecule has 1 N–H and O–H groups in total. The molecule has 1 heterocycles. The second-order valence-electron chi connectivity index (χ2n) is 4.40. The largest absolute Gasteiger partial charge is 0.416 e. The number of carbonyl (C=O) groups is 1. The van der Waals surface area contributed by atoms with Crippen LogP contribution in [0.5, 0.6) is 0 Å². The van der Waals surface area contributed by atoms with E-state index < -0.39 is 29.0 Å². The number of nitrogens with one attached hydrogen (secondary N) is 1. The number of hydrogen-bond donors (Lipinski definition) is 1. The Labute approximate surface area is 122 Å². The Morgan fingerprint density at radius 3 is 2.57 bits per heavy atom. The first-order valence-corrected chi connectivity index (χ1v) is 6.85. The molecule has 0 aliphatic carbocycles. The summed E-state index contributed by atoms with van der Waals surface area (Å²) >= 11 is 1.41. The van der Waals surface area contributed by atoms with Gasteiger partial charge in [0.2, 0.25) is 0 Å². The Balaban J connectivity index is 2.17. The van der Waals surface area contributed by atoms with E-state index in [1.165, 1.54) is 11.3 Å². The fourth-order valence-electron chi connectivity index (χ4n) is 1.72. The molecule has 112 valence electrons. The minimum Gasteiger partial charge on any atom is -0.347 e. The highest BCUT2D eigenvalue weighted by Gasteiger charge is 2.31. The lowest BCUT2D eigenvalue weighted by molar-refractivity contribution is -0.137. The summed E-state index contributed by atoms with van der Waals surface area (Å²) in [4.78, 5) is 12.7. The standard InChI is InChI=1S/C14H11F4NOS/c1-8-4-5-21-12(8)7-19-13(20)10-6-9(14(16,17)18)2-3-11(10)15/h2-6H,7H2,1H3,(H,19,20). The number of carbonyl (C=O) groups excluding carboxylic acids is 1. The molecule has 0 atom stereocenters. The topological polar surface area (TPSA) is 29.1 Å². The van der Waals surface area contributed by atoms with Gasteiger partial charge >= 0.3 is 6.18 Å². The molecule has 1 amide bonds. The van der Waals surface area contributed by atoms with E-state index in [1.807, 2.05) is 18.4 Å². The van der Waals surface area contributed by atoms with Crippen molar-refractivity contribution in [1.29, 1.82) is 0 Å². The Morgan fingerprint density at radius 1 is 1.29 bits per heavy atom. The lowest BCUT2D eigenvalue weighted by atomic mass is 10.1. The maximum atomic E-state index is 13.5. The van der Waals surface area contributed by atoms with E-state index in [2.05, 4.69) is 5.32 Å². The molecule has 1 aromatic heterocycles. The van der Waals surface area contributed by atoms with Crippen LogP contribution in [0, 0.1) is 12.7 Å². The van der Waals surface area contributed by atoms with Crippen molar-refractivity contribution in [2.24, 2.45) is 0 Å². The van der Waals surface area contributed by atoms with Gasteiger partial charge in [0, 0.05) is 4.88 Å². The van der Waals surface area contributed by atoms with Crippen LogP contribution in [0.4, 0.5) is 17.6 Å². The van der Waals surface area contributed by atoms with E-state index >= 15 is 0 Å². The zero-order valence-electron chi connectivity index (χ0n) is 10.9. The lowest BCUT2D eigenvalue weighted by Gasteiger charge is -2.10. The van der Waals surface area contributed by atoms with Crippen LogP contribution in [0.15, 0.2) is 29.6 Å². The van der Waals surface area contributed by atoms with Crippen LogP contribution in [0.1, 0.15) is 26.4 Å². The fourth-order valence-corrected chi connectivity index (χ4v) is 2.56. The number of aryl methyl sites for hydroxylation is 1. The molecule has 0 unspecified atom stereocenters. The number of halogens is 4. The molecule has 0 aliphatic heterocycles. The molecule has 7 heteroatoms. The van der Waals surface area contributed by atoms with E-state index in [0.29, 0.717) is 18.2 Å². The smallest absolute Gasteiger partial charge is 0.347 e. The minimum absolute atomic E-state index is 0.151.